The molecule has 0 spiro atoms. The first-order valence-corrected chi connectivity index (χ1v) is 11.8. The van der Waals surface area contributed by atoms with Gasteiger partial charge in [0.2, 0.25) is 0 Å². The molecule has 6 nitrogen and oxygen atoms in total. The van der Waals surface area contributed by atoms with Gasteiger partial charge in [-0.3, -0.25) is 0 Å². The summed E-state index contributed by atoms with van der Waals surface area (Å²) in [6, 6.07) is 7.91. The van der Waals surface area contributed by atoms with E-state index in [-0.39, 0.29) is 5.52 Å². The lowest BCUT2D eigenvalue weighted by Crippen LogP contribution is -2.07. The number of imidazole rings is 1. The summed E-state index contributed by atoms with van der Waals surface area (Å²) in [4.78, 5) is 12.6. The Morgan fingerprint density at radius 2 is 1.88 bits per heavy atom. The van der Waals surface area contributed by atoms with Crippen LogP contribution in [0.2, 0.25) is 10.0 Å². The van der Waals surface area contributed by atoms with Crippen LogP contribution in [0.15, 0.2) is 47.8 Å². The molecule has 0 amide bonds. The van der Waals surface area contributed by atoms with Gasteiger partial charge in [0.1, 0.15) is 16.5 Å². The van der Waals surface area contributed by atoms with Crippen LogP contribution in [0.3, 0.4) is 0 Å². The normalized spacial score (nSPS) is 12.2. The lowest BCUT2D eigenvalue weighted by Gasteiger charge is -2.07. The summed E-state index contributed by atoms with van der Waals surface area (Å²) in [7, 11) is 1.73. The number of fused-ring (bicyclic) bond motifs is 2. The van der Waals surface area contributed by atoms with Crippen molar-refractivity contribution in [3.63, 3.8) is 0 Å². The van der Waals surface area contributed by atoms with E-state index in [9.17, 15) is 13.2 Å². The van der Waals surface area contributed by atoms with Crippen molar-refractivity contribution >= 4 is 51.6 Å². The molecular formula is C22H15Cl2F3N6S. The molecule has 12 heteroatoms. The van der Waals surface area contributed by atoms with Gasteiger partial charge in [-0.2, -0.15) is 18.3 Å². The maximum Gasteiger partial charge on any atom is 0.433 e. The van der Waals surface area contributed by atoms with Gasteiger partial charge in [-0.1, -0.05) is 30.1 Å². The van der Waals surface area contributed by atoms with Crippen molar-refractivity contribution in [3.05, 3.63) is 58.5 Å². The predicted molar refractivity (Wildman–Crippen MR) is 127 cm³/mol. The number of halogens is 5. The third-order valence-corrected chi connectivity index (χ3v) is 6.65. The predicted octanol–water partition coefficient (Wildman–Crippen LogP) is 6.78. The molecule has 0 saturated heterocycles. The zero-order chi connectivity index (χ0) is 24.2. The number of hydrogen-bond donors (Lipinski definition) is 0. The van der Waals surface area contributed by atoms with E-state index in [4.69, 9.17) is 28.3 Å². The first-order chi connectivity index (χ1) is 16.2. The minimum Gasteiger partial charge on any atom is -0.326 e. The molecule has 0 fully saturated rings. The SMILES string of the molecule is CCSc1nn2c(-c3ccc(Cl)cc3Cl)ccnc2c1-c1nc2cc(C(F)(F)F)ncc2n1C. The molecule has 0 saturated carbocycles. The van der Waals surface area contributed by atoms with Gasteiger partial charge in [0.15, 0.2) is 5.65 Å². The quantitative estimate of drug-likeness (QED) is 0.243. The Hall–Kier alpha value is -2.82. The van der Waals surface area contributed by atoms with E-state index in [0.717, 1.165) is 11.8 Å². The van der Waals surface area contributed by atoms with E-state index < -0.39 is 11.9 Å². The molecule has 174 valence electrons. The van der Waals surface area contributed by atoms with Crippen molar-refractivity contribution in [1.82, 2.24) is 29.1 Å². The number of benzene rings is 1. The first kappa shape index (κ1) is 22.9. The Balaban J connectivity index is 1.78. The van der Waals surface area contributed by atoms with Gasteiger partial charge < -0.3 is 4.57 Å². The number of thioether (sulfide) groups is 1. The second-order valence-electron chi connectivity index (χ2n) is 7.35. The number of aryl methyl sites for hydroxylation is 1. The Morgan fingerprint density at radius 3 is 2.59 bits per heavy atom. The highest BCUT2D eigenvalue weighted by molar-refractivity contribution is 7.99. The Morgan fingerprint density at radius 1 is 1.09 bits per heavy atom. The maximum absolute atomic E-state index is 13.2. The van der Waals surface area contributed by atoms with Crippen molar-refractivity contribution < 1.29 is 13.2 Å². The highest BCUT2D eigenvalue weighted by Crippen LogP contribution is 2.38. The molecule has 0 radical (unpaired) electrons. The van der Waals surface area contributed by atoms with Crippen LogP contribution < -0.4 is 0 Å². The van der Waals surface area contributed by atoms with Crippen LogP contribution >= 0.6 is 35.0 Å². The average Bonchev–Trinajstić information content (AvgIpc) is 3.30. The van der Waals surface area contributed by atoms with Gasteiger partial charge in [-0.25, -0.2) is 19.5 Å². The maximum atomic E-state index is 13.2. The van der Waals surface area contributed by atoms with Crippen LogP contribution in [0.1, 0.15) is 12.6 Å². The molecule has 4 heterocycles. The van der Waals surface area contributed by atoms with Gasteiger partial charge in [0.05, 0.1) is 33.5 Å². The minimum atomic E-state index is -4.56. The minimum absolute atomic E-state index is 0.184. The van der Waals surface area contributed by atoms with Crippen molar-refractivity contribution in [2.45, 2.75) is 18.1 Å². The largest absolute Gasteiger partial charge is 0.433 e. The molecule has 5 aromatic rings. The molecule has 0 unspecified atom stereocenters. The fraction of sp³-hybridized carbons (Fsp3) is 0.182. The highest BCUT2D eigenvalue weighted by Gasteiger charge is 2.33. The van der Waals surface area contributed by atoms with E-state index in [1.165, 1.54) is 18.0 Å². The third-order valence-electron chi connectivity index (χ3n) is 5.26. The van der Waals surface area contributed by atoms with Crippen molar-refractivity contribution in [2.24, 2.45) is 7.05 Å². The van der Waals surface area contributed by atoms with Crippen molar-refractivity contribution in [1.29, 1.82) is 0 Å². The van der Waals surface area contributed by atoms with E-state index in [1.807, 2.05) is 6.92 Å². The fourth-order valence-electron chi connectivity index (χ4n) is 3.73. The number of rotatable bonds is 4. The number of pyridine rings is 1. The van der Waals surface area contributed by atoms with Crippen LogP contribution in [-0.2, 0) is 13.2 Å². The molecular weight excluding hydrogens is 508 g/mol. The molecule has 0 aliphatic rings. The lowest BCUT2D eigenvalue weighted by atomic mass is 10.1. The summed E-state index contributed by atoms with van der Waals surface area (Å²) in [6.45, 7) is 1.98. The molecule has 0 bridgehead atoms. The molecule has 0 N–H and O–H groups in total. The fourth-order valence-corrected chi connectivity index (χ4v) is 4.97. The smallest absolute Gasteiger partial charge is 0.326 e. The molecule has 0 aliphatic heterocycles. The van der Waals surface area contributed by atoms with Crippen molar-refractivity contribution in [3.8, 4) is 22.6 Å². The zero-order valence-corrected chi connectivity index (χ0v) is 20.1. The summed E-state index contributed by atoms with van der Waals surface area (Å²) in [5.41, 5.74) is 2.17. The van der Waals surface area contributed by atoms with E-state index in [0.29, 0.717) is 48.9 Å². The Labute approximate surface area is 205 Å². The summed E-state index contributed by atoms with van der Waals surface area (Å²) >= 11 is 14.0. The van der Waals surface area contributed by atoms with Crippen LogP contribution in [0.4, 0.5) is 13.2 Å². The first-order valence-electron chi connectivity index (χ1n) is 10.0. The number of alkyl halides is 3. The molecule has 1 aromatic carbocycles. The molecule has 0 atom stereocenters. The van der Waals surface area contributed by atoms with Crippen molar-refractivity contribution in [2.75, 3.05) is 5.75 Å². The molecule has 34 heavy (non-hydrogen) atoms. The highest BCUT2D eigenvalue weighted by atomic mass is 35.5. The van der Waals surface area contributed by atoms with Gasteiger partial charge in [0, 0.05) is 23.8 Å². The Kier molecular flexibility index (Phi) is 5.70. The summed E-state index contributed by atoms with van der Waals surface area (Å²) in [5, 5.41) is 6.37. The van der Waals surface area contributed by atoms with Gasteiger partial charge in [-0.05, 0) is 36.1 Å². The second kappa shape index (κ2) is 8.44. The standard InChI is InChI=1S/C22H15Cl2F3N6S/c1-3-34-21-18(20-30-14-9-17(22(25,26)27)29-10-16(14)32(20)2)19-28-7-6-15(33(19)31-21)12-5-4-11(23)8-13(12)24/h4-10H,3H2,1-2H3. The van der Waals surface area contributed by atoms with Gasteiger partial charge in [-0.15, -0.1) is 11.8 Å². The molecule has 4 aromatic heterocycles. The molecule has 5 rings (SSSR count). The average molecular weight is 523 g/mol. The van der Waals surface area contributed by atoms with E-state index in [2.05, 4.69) is 15.0 Å². The number of nitrogens with zero attached hydrogens (tertiary/aromatic N) is 6. The summed E-state index contributed by atoms with van der Waals surface area (Å²) < 4.78 is 42.9. The monoisotopic (exact) mass is 522 g/mol. The summed E-state index contributed by atoms with van der Waals surface area (Å²) in [6.07, 6.45) is -1.75. The van der Waals surface area contributed by atoms with Crippen LogP contribution in [0, 0.1) is 0 Å². The third kappa shape index (κ3) is 3.79. The zero-order valence-electron chi connectivity index (χ0n) is 17.7. The van der Waals surface area contributed by atoms with Gasteiger partial charge in [0.25, 0.3) is 0 Å². The Bertz CT molecular complexity index is 1560. The van der Waals surface area contributed by atoms with Gasteiger partial charge >= 0.3 is 6.18 Å². The van der Waals surface area contributed by atoms with Crippen LogP contribution in [0.25, 0.3) is 39.3 Å². The molecule has 0 aliphatic carbocycles. The van der Waals surface area contributed by atoms with E-state index >= 15 is 0 Å². The van der Waals surface area contributed by atoms with Crippen LogP contribution in [0.5, 0.6) is 0 Å². The second-order valence-corrected chi connectivity index (χ2v) is 9.45. The van der Waals surface area contributed by atoms with E-state index in [1.54, 1.807) is 46.6 Å². The topological polar surface area (TPSA) is 60.9 Å². The number of hydrogen-bond acceptors (Lipinski definition) is 5. The number of aromatic nitrogens is 6. The van der Waals surface area contributed by atoms with Crippen LogP contribution in [-0.4, -0.2) is 34.9 Å². The summed E-state index contributed by atoms with van der Waals surface area (Å²) in [5.74, 6) is 1.16. The lowest BCUT2D eigenvalue weighted by molar-refractivity contribution is -0.141.